The smallest absolute Gasteiger partial charge is 0.0704 e. The maximum absolute atomic E-state index is 5.80. The van der Waals surface area contributed by atoms with Crippen molar-refractivity contribution in [3.8, 4) is 0 Å². The average Bonchev–Trinajstić information content (AvgIpc) is 2.41. The fourth-order valence-electron chi connectivity index (χ4n) is 2.48. The normalized spacial score (nSPS) is 17.7. The first-order valence-corrected chi connectivity index (χ1v) is 6.95. The van der Waals surface area contributed by atoms with E-state index < -0.39 is 0 Å². The number of ether oxygens (including phenoxy) is 2. The molecule has 2 rings (SSSR count). The molecule has 1 saturated heterocycles. The Morgan fingerprint density at radius 3 is 2.74 bits per heavy atom. The molecule has 0 aliphatic carbocycles. The van der Waals surface area contributed by atoms with Gasteiger partial charge in [-0.1, -0.05) is 12.1 Å². The lowest BCUT2D eigenvalue weighted by molar-refractivity contribution is -0.0158. The van der Waals surface area contributed by atoms with Crippen molar-refractivity contribution in [3.63, 3.8) is 0 Å². The maximum Gasteiger partial charge on any atom is 0.0704 e. The predicted molar refractivity (Wildman–Crippen MR) is 77.0 cm³/mol. The quantitative estimate of drug-likeness (QED) is 0.629. The zero-order valence-corrected chi connectivity index (χ0v) is 11.7. The molecule has 0 saturated carbocycles. The number of benzene rings is 1. The first kappa shape index (κ1) is 14.3. The summed E-state index contributed by atoms with van der Waals surface area (Å²) in [6.45, 7) is 4.55. The summed E-state index contributed by atoms with van der Waals surface area (Å²) in [4.78, 5) is 2.46. The van der Waals surface area contributed by atoms with Gasteiger partial charge in [0.05, 0.1) is 19.3 Å². The minimum atomic E-state index is 0.396. The summed E-state index contributed by atoms with van der Waals surface area (Å²) in [5.74, 6) is 0. The average molecular weight is 264 g/mol. The molecule has 0 spiro atoms. The molecule has 0 aromatic heterocycles. The Bertz CT molecular complexity index is 376. The lowest BCUT2D eigenvalue weighted by Gasteiger charge is -2.31. The van der Waals surface area contributed by atoms with Crippen LogP contribution < -0.4 is 5.73 Å². The number of hydrogen-bond acceptors (Lipinski definition) is 4. The summed E-state index contributed by atoms with van der Waals surface area (Å²) in [5, 5.41) is 0. The van der Waals surface area contributed by atoms with Gasteiger partial charge in [0.15, 0.2) is 0 Å². The van der Waals surface area contributed by atoms with E-state index in [0.717, 1.165) is 38.2 Å². The highest BCUT2D eigenvalue weighted by atomic mass is 16.5. The number of nitrogens with two attached hydrogens (primary N) is 1. The Labute approximate surface area is 115 Å². The SMILES string of the molecule is COCCOC1CCN(Cc2cccc(N)c2)CC1. The van der Waals surface area contributed by atoms with E-state index in [9.17, 15) is 0 Å². The molecule has 1 aliphatic heterocycles. The predicted octanol–water partition coefficient (Wildman–Crippen LogP) is 1.90. The van der Waals surface area contributed by atoms with Gasteiger partial charge in [-0.15, -0.1) is 0 Å². The number of nitrogen functional groups attached to an aromatic ring is 1. The van der Waals surface area contributed by atoms with Gasteiger partial charge in [0, 0.05) is 32.4 Å². The van der Waals surface area contributed by atoms with E-state index in [4.69, 9.17) is 15.2 Å². The van der Waals surface area contributed by atoms with Gasteiger partial charge in [-0.3, -0.25) is 4.90 Å². The lowest BCUT2D eigenvalue weighted by Crippen LogP contribution is -2.36. The highest BCUT2D eigenvalue weighted by Crippen LogP contribution is 2.17. The highest BCUT2D eigenvalue weighted by Gasteiger charge is 2.19. The zero-order chi connectivity index (χ0) is 13.5. The first-order chi connectivity index (χ1) is 9.28. The first-order valence-electron chi connectivity index (χ1n) is 6.95. The Kier molecular flexibility index (Phi) is 5.63. The third-order valence-electron chi connectivity index (χ3n) is 3.53. The molecule has 1 aromatic rings. The number of likely N-dealkylation sites (tertiary alicyclic amines) is 1. The van der Waals surface area contributed by atoms with Gasteiger partial charge in [0.2, 0.25) is 0 Å². The number of hydrogen-bond donors (Lipinski definition) is 1. The molecule has 19 heavy (non-hydrogen) atoms. The fraction of sp³-hybridized carbons (Fsp3) is 0.600. The monoisotopic (exact) mass is 264 g/mol. The van der Waals surface area contributed by atoms with Gasteiger partial charge in [0.1, 0.15) is 0 Å². The standard InChI is InChI=1S/C15H24N2O2/c1-18-9-10-19-15-5-7-17(8-6-15)12-13-3-2-4-14(16)11-13/h2-4,11,15H,5-10,12,16H2,1H3. The van der Waals surface area contributed by atoms with E-state index in [1.54, 1.807) is 7.11 Å². The molecule has 106 valence electrons. The second-order valence-electron chi connectivity index (χ2n) is 5.08. The van der Waals surface area contributed by atoms with Crippen LogP contribution in [-0.2, 0) is 16.0 Å². The van der Waals surface area contributed by atoms with Crippen LogP contribution in [0.4, 0.5) is 5.69 Å². The highest BCUT2D eigenvalue weighted by molar-refractivity contribution is 5.40. The number of methoxy groups -OCH3 is 1. The van der Waals surface area contributed by atoms with E-state index in [2.05, 4.69) is 17.0 Å². The molecule has 0 atom stereocenters. The van der Waals surface area contributed by atoms with Gasteiger partial charge in [-0.05, 0) is 30.5 Å². The van der Waals surface area contributed by atoms with E-state index in [0.29, 0.717) is 19.3 Å². The van der Waals surface area contributed by atoms with Crippen molar-refractivity contribution in [2.75, 3.05) is 39.1 Å². The van der Waals surface area contributed by atoms with Crippen LogP contribution in [0.1, 0.15) is 18.4 Å². The summed E-state index contributed by atoms with van der Waals surface area (Å²) in [7, 11) is 1.71. The van der Waals surface area contributed by atoms with E-state index in [1.807, 2.05) is 12.1 Å². The van der Waals surface area contributed by atoms with Crippen LogP contribution >= 0.6 is 0 Å². The topological polar surface area (TPSA) is 47.7 Å². The van der Waals surface area contributed by atoms with Crippen LogP contribution in [0.3, 0.4) is 0 Å². The number of rotatable bonds is 6. The van der Waals surface area contributed by atoms with Crippen LogP contribution in [0.5, 0.6) is 0 Å². The summed E-state index contributed by atoms with van der Waals surface area (Å²) < 4.78 is 10.8. The summed E-state index contributed by atoms with van der Waals surface area (Å²) in [5.41, 5.74) is 7.94. The Balaban J connectivity index is 1.71. The summed E-state index contributed by atoms with van der Waals surface area (Å²) >= 11 is 0. The molecule has 0 bridgehead atoms. The number of anilines is 1. The van der Waals surface area contributed by atoms with Gasteiger partial charge in [-0.2, -0.15) is 0 Å². The van der Waals surface area contributed by atoms with E-state index in [-0.39, 0.29) is 0 Å². The third-order valence-corrected chi connectivity index (χ3v) is 3.53. The van der Waals surface area contributed by atoms with Gasteiger partial charge in [-0.25, -0.2) is 0 Å². The van der Waals surface area contributed by atoms with Gasteiger partial charge in [0.25, 0.3) is 0 Å². The lowest BCUT2D eigenvalue weighted by atomic mass is 10.1. The van der Waals surface area contributed by atoms with Crippen LogP contribution in [0.25, 0.3) is 0 Å². The third kappa shape index (κ3) is 4.82. The molecule has 1 fully saturated rings. The van der Waals surface area contributed by atoms with Crippen molar-refractivity contribution < 1.29 is 9.47 Å². The fourth-order valence-corrected chi connectivity index (χ4v) is 2.48. The van der Waals surface area contributed by atoms with E-state index >= 15 is 0 Å². The molecule has 4 nitrogen and oxygen atoms in total. The molecule has 4 heteroatoms. The van der Waals surface area contributed by atoms with Gasteiger partial charge < -0.3 is 15.2 Å². The van der Waals surface area contributed by atoms with E-state index in [1.165, 1.54) is 5.56 Å². The van der Waals surface area contributed by atoms with Gasteiger partial charge >= 0.3 is 0 Å². The number of piperidine rings is 1. The van der Waals surface area contributed by atoms with Crippen LogP contribution in [-0.4, -0.2) is 44.4 Å². The number of nitrogens with zero attached hydrogens (tertiary/aromatic N) is 1. The Morgan fingerprint density at radius 2 is 2.05 bits per heavy atom. The van der Waals surface area contributed by atoms with Crippen LogP contribution in [0, 0.1) is 0 Å². The molecule has 0 unspecified atom stereocenters. The Hall–Kier alpha value is -1.10. The molecule has 1 heterocycles. The molecule has 2 N–H and O–H groups in total. The van der Waals surface area contributed by atoms with Crippen molar-refractivity contribution in [2.45, 2.75) is 25.5 Å². The largest absolute Gasteiger partial charge is 0.399 e. The van der Waals surface area contributed by atoms with Crippen molar-refractivity contribution in [2.24, 2.45) is 0 Å². The second-order valence-corrected chi connectivity index (χ2v) is 5.08. The molecule has 0 radical (unpaired) electrons. The van der Waals surface area contributed by atoms with Crippen molar-refractivity contribution >= 4 is 5.69 Å². The van der Waals surface area contributed by atoms with Crippen molar-refractivity contribution in [3.05, 3.63) is 29.8 Å². The van der Waals surface area contributed by atoms with Crippen molar-refractivity contribution in [1.82, 2.24) is 4.90 Å². The van der Waals surface area contributed by atoms with Crippen LogP contribution in [0.2, 0.25) is 0 Å². The molecular weight excluding hydrogens is 240 g/mol. The second kappa shape index (κ2) is 7.48. The molecule has 1 aromatic carbocycles. The Morgan fingerprint density at radius 1 is 1.26 bits per heavy atom. The molecule has 1 aliphatic rings. The van der Waals surface area contributed by atoms with Crippen molar-refractivity contribution in [1.29, 1.82) is 0 Å². The minimum Gasteiger partial charge on any atom is -0.399 e. The summed E-state index contributed by atoms with van der Waals surface area (Å²) in [6.07, 6.45) is 2.60. The van der Waals surface area contributed by atoms with Crippen LogP contribution in [0.15, 0.2) is 24.3 Å². The maximum atomic E-state index is 5.80. The zero-order valence-electron chi connectivity index (χ0n) is 11.7. The molecular formula is C15H24N2O2. The minimum absolute atomic E-state index is 0.396. The molecule has 0 amide bonds. The summed E-state index contributed by atoms with van der Waals surface area (Å²) in [6, 6.07) is 8.14.